The Morgan fingerprint density at radius 2 is 1.77 bits per heavy atom. The molecule has 4 rings (SSSR count). The first-order valence-corrected chi connectivity index (χ1v) is 9.95. The van der Waals surface area contributed by atoms with Crippen molar-refractivity contribution in [2.24, 2.45) is 0 Å². The van der Waals surface area contributed by atoms with Crippen molar-refractivity contribution in [3.05, 3.63) is 90.1 Å². The number of aryl methyl sites for hydroxylation is 1. The summed E-state index contributed by atoms with van der Waals surface area (Å²) in [5, 5.41) is 19.8. The number of phenolic OH excluding ortho intramolecular Hbond substituents is 1. The van der Waals surface area contributed by atoms with Gasteiger partial charge in [0.1, 0.15) is 17.2 Å². The van der Waals surface area contributed by atoms with Crippen LogP contribution in [-0.4, -0.2) is 21.2 Å². The monoisotopic (exact) mass is 411 g/mol. The summed E-state index contributed by atoms with van der Waals surface area (Å²) < 4.78 is 6.46. The molecular formula is C26H21NO4. The van der Waals surface area contributed by atoms with Gasteiger partial charge in [0.15, 0.2) is 0 Å². The fourth-order valence-electron chi connectivity index (χ4n) is 3.52. The standard InChI is InChI=1S/C26H21NO4/c1-2-21-25(18-9-4-3-5-10-18)26(20-14-13-19(28)16-22(20)27-21)31-23-11-7-6-8-17(23)12-15-24(29)30/h3-16,28H,2H2,1H3,(H,29,30). The molecule has 0 unspecified atom stereocenters. The number of aromatic nitrogens is 1. The molecule has 5 nitrogen and oxygen atoms in total. The second-order valence-corrected chi connectivity index (χ2v) is 7.00. The molecule has 2 N–H and O–H groups in total. The molecule has 0 aliphatic rings. The summed E-state index contributed by atoms with van der Waals surface area (Å²) in [7, 11) is 0. The van der Waals surface area contributed by atoms with Gasteiger partial charge in [-0.15, -0.1) is 0 Å². The van der Waals surface area contributed by atoms with Crippen molar-refractivity contribution in [3.63, 3.8) is 0 Å². The summed E-state index contributed by atoms with van der Waals surface area (Å²) >= 11 is 0. The van der Waals surface area contributed by atoms with Crippen molar-refractivity contribution in [2.75, 3.05) is 0 Å². The number of para-hydroxylation sites is 1. The lowest BCUT2D eigenvalue weighted by Gasteiger charge is -2.18. The van der Waals surface area contributed by atoms with E-state index < -0.39 is 5.97 Å². The molecule has 0 spiro atoms. The maximum absolute atomic E-state index is 11.0. The van der Waals surface area contributed by atoms with Gasteiger partial charge in [-0.25, -0.2) is 4.79 Å². The quantitative estimate of drug-likeness (QED) is 0.377. The van der Waals surface area contributed by atoms with Crippen LogP contribution in [0.25, 0.3) is 28.1 Å². The molecule has 0 amide bonds. The van der Waals surface area contributed by atoms with Crippen molar-refractivity contribution >= 4 is 22.9 Å². The number of hydrogen-bond donors (Lipinski definition) is 2. The van der Waals surface area contributed by atoms with Gasteiger partial charge in [0.25, 0.3) is 0 Å². The van der Waals surface area contributed by atoms with E-state index in [2.05, 4.69) is 0 Å². The van der Waals surface area contributed by atoms with Crippen LogP contribution in [0.5, 0.6) is 17.2 Å². The highest BCUT2D eigenvalue weighted by molar-refractivity contribution is 5.95. The second-order valence-electron chi connectivity index (χ2n) is 7.00. The van der Waals surface area contributed by atoms with Gasteiger partial charge in [-0.05, 0) is 36.3 Å². The largest absolute Gasteiger partial charge is 0.508 e. The van der Waals surface area contributed by atoms with Gasteiger partial charge in [0.2, 0.25) is 0 Å². The minimum Gasteiger partial charge on any atom is -0.508 e. The molecule has 0 aliphatic carbocycles. The Morgan fingerprint density at radius 1 is 1.03 bits per heavy atom. The summed E-state index contributed by atoms with van der Waals surface area (Å²) in [6.45, 7) is 2.02. The van der Waals surface area contributed by atoms with Gasteiger partial charge in [-0.2, -0.15) is 0 Å². The minimum atomic E-state index is -1.03. The summed E-state index contributed by atoms with van der Waals surface area (Å²) in [4.78, 5) is 15.8. The highest BCUT2D eigenvalue weighted by Gasteiger charge is 2.19. The van der Waals surface area contributed by atoms with Crippen LogP contribution in [0.3, 0.4) is 0 Å². The van der Waals surface area contributed by atoms with Crippen LogP contribution in [0.1, 0.15) is 18.2 Å². The number of phenols is 1. The zero-order chi connectivity index (χ0) is 21.8. The Labute approximate surface area is 179 Å². The van der Waals surface area contributed by atoms with Crippen molar-refractivity contribution < 1.29 is 19.7 Å². The third-order valence-corrected chi connectivity index (χ3v) is 4.93. The number of carboxylic acid groups (broad SMARTS) is 1. The number of ether oxygens (including phenoxy) is 1. The smallest absolute Gasteiger partial charge is 0.328 e. The first-order valence-electron chi connectivity index (χ1n) is 9.95. The van der Waals surface area contributed by atoms with Crippen molar-refractivity contribution in [2.45, 2.75) is 13.3 Å². The summed E-state index contributed by atoms with van der Waals surface area (Å²) in [5.74, 6) is 0.243. The van der Waals surface area contributed by atoms with Crippen LogP contribution in [0.2, 0.25) is 0 Å². The average Bonchev–Trinajstić information content (AvgIpc) is 2.78. The summed E-state index contributed by atoms with van der Waals surface area (Å²) in [6, 6.07) is 22.2. The van der Waals surface area contributed by atoms with E-state index in [4.69, 9.17) is 14.8 Å². The highest BCUT2D eigenvalue weighted by Crippen LogP contribution is 2.42. The van der Waals surface area contributed by atoms with E-state index in [9.17, 15) is 9.90 Å². The van der Waals surface area contributed by atoms with Crippen LogP contribution in [0, 0.1) is 0 Å². The van der Waals surface area contributed by atoms with Crippen molar-refractivity contribution in [1.29, 1.82) is 0 Å². The molecule has 0 radical (unpaired) electrons. The maximum atomic E-state index is 11.0. The van der Waals surface area contributed by atoms with E-state index in [1.54, 1.807) is 30.3 Å². The second kappa shape index (κ2) is 8.71. The van der Waals surface area contributed by atoms with Crippen LogP contribution in [0.15, 0.2) is 78.9 Å². The predicted octanol–water partition coefficient (Wildman–Crippen LogP) is 6.06. The zero-order valence-corrected chi connectivity index (χ0v) is 16.9. The molecule has 4 aromatic rings. The zero-order valence-electron chi connectivity index (χ0n) is 16.9. The van der Waals surface area contributed by atoms with E-state index in [-0.39, 0.29) is 5.75 Å². The third-order valence-electron chi connectivity index (χ3n) is 4.93. The number of aliphatic carboxylic acids is 1. The molecule has 0 saturated carbocycles. The van der Waals surface area contributed by atoms with Gasteiger partial charge in [-0.3, -0.25) is 4.98 Å². The SMILES string of the molecule is CCc1nc2cc(O)ccc2c(Oc2ccccc2C=CC(=O)O)c1-c1ccccc1. The number of hydrogen-bond acceptors (Lipinski definition) is 4. The topological polar surface area (TPSA) is 79.7 Å². The average molecular weight is 411 g/mol. The van der Waals surface area contributed by atoms with Crippen LogP contribution in [-0.2, 0) is 11.2 Å². The molecule has 3 aromatic carbocycles. The van der Waals surface area contributed by atoms with Gasteiger partial charge < -0.3 is 14.9 Å². The molecule has 0 saturated heterocycles. The molecule has 0 aliphatic heterocycles. The van der Waals surface area contributed by atoms with E-state index in [0.29, 0.717) is 29.0 Å². The predicted molar refractivity (Wildman–Crippen MR) is 121 cm³/mol. The molecular weight excluding hydrogens is 390 g/mol. The summed E-state index contributed by atoms with van der Waals surface area (Å²) in [5.41, 5.74) is 3.96. The van der Waals surface area contributed by atoms with Gasteiger partial charge >= 0.3 is 5.97 Å². The Morgan fingerprint density at radius 3 is 2.52 bits per heavy atom. The minimum absolute atomic E-state index is 0.130. The lowest BCUT2D eigenvalue weighted by Crippen LogP contribution is -1.99. The Balaban J connectivity index is 1.98. The molecule has 5 heteroatoms. The molecule has 1 aromatic heterocycles. The number of pyridine rings is 1. The molecule has 0 fully saturated rings. The number of aromatic hydroxyl groups is 1. The fourth-order valence-corrected chi connectivity index (χ4v) is 3.52. The summed E-state index contributed by atoms with van der Waals surface area (Å²) in [6.07, 6.45) is 3.27. The molecule has 154 valence electrons. The Kier molecular flexibility index (Phi) is 5.67. The third kappa shape index (κ3) is 4.26. The van der Waals surface area contributed by atoms with Crippen molar-refractivity contribution in [1.82, 2.24) is 4.98 Å². The molecule has 0 atom stereocenters. The lowest BCUT2D eigenvalue weighted by atomic mass is 9.98. The van der Waals surface area contributed by atoms with Gasteiger partial charge in [0.05, 0.1) is 11.2 Å². The van der Waals surface area contributed by atoms with Crippen LogP contribution in [0.4, 0.5) is 0 Å². The van der Waals surface area contributed by atoms with Gasteiger partial charge in [-0.1, -0.05) is 55.5 Å². The number of rotatable bonds is 6. The number of carboxylic acids is 1. The van der Waals surface area contributed by atoms with Crippen LogP contribution >= 0.6 is 0 Å². The highest BCUT2D eigenvalue weighted by atomic mass is 16.5. The first-order chi connectivity index (χ1) is 15.1. The molecule has 0 bridgehead atoms. The van der Waals surface area contributed by atoms with Crippen LogP contribution < -0.4 is 4.74 Å². The number of benzene rings is 3. The fraction of sp³-hybridized carbons (Fsp3) is 0.0769. The number of nitrogens with zero attached hydrogens (tertiary/aromatic N) is 1. The Hall–Kier alpha value is -4.12. The van der Waals surface area contributed by atoms with Crippen molar-refractivity contribution in [3.8, 4) is 28.4 Å². The molecule has 31 heavy (non-hydrogen) atoms. The van der Waals surface area contributed by atoms with E-state index in [1.807, 2.05) is 49.4 Å². The van der Waals surface area contributed by atoms with E-state index in [0.717, 1.165) is 28.3 Å². The number of fused-ring (bicyclic) bond motifs is 1. The lowest BCUT2D eigenvalue weighted by molar-refractivity contribution is -0.131. The van der Waals surface area contributed by atoms with E-state index in [1.165, 1.54) is 6.08 Å². The normalized spacial score (nSPS) is 11.1. The molecule has 1 heterocycles. The number of carbonyl (C=O) groups is 1. The van der Waals surface area contributed by atoms with Gasteiger partial charge in [0, 0.05) is 28.7 Å². The van der Waals surface area contributed by atoms with E-state index >= 15 is 0 Å². The first kappa shape index (κ1) is 20.2. The maximum Gasteiger partial charge on any atom is 0.328 e. The Bertz CT molecular complexity index is 1280.